The lowest BCUT2D eigenvalue weighted by Crippen LogP contribution is -2.65. The van der Waals surface area contributed by atoms with Crippen LogP contribution >= 0.6 is 0 Å². The van der Waals surface area contributed by atoms with Crippen LogP contribution in [0.2, 0.25) is 0 Å². The maximum atomic E-state index is 15.2. The first-order valence-corrected chi connectivity index (χ1v) is 27.1. The number of carbonyl (C=O) groups excluding carboxylic acids is 6. The maximum absolute atomic E-state index is 15.2. The number of carbonyl (C=O) groups is 6. The summed E-state index contributed by atoms with van der Waals surface area (Å²) < 4.78 is 13.6. The average Bonchev–Trinajstić information content (AvgIpc) is 3.73. The first-order chi connectivity index (χ1) is 34.0. The lowest BCUT2D eigenvalue weighted by molar-refractivity contribution is -0.157. The first-order valence-electron chi connectivity index (χ1n) is 27.1. The van der Waals surface area contributed by atoms with E-state index in [1.165, 1.54) is 0 Å². The SMILES string of the molecule is CC[C@@H](C)C(=O)N[C@H](C(=O)N1CC[C@@]2(C)C[C@@H](OCCO[C@H]3CN(CCc4ccccc4)C(=O)[C@@]4(C)N(C(=O)[C@@H](CC(=O)[C@H](C)NC)C(C)C)CC[C@@]4(C)C3)CN(CCc3ccccc3)C(=O)[C@@]12C)C(C)C. The molecule has 4 saturated heterocycles. The molecule has 0 unspecified atom stereocenters. The summed E-state index contributed by atoms with van der Waals surface area (Å²) in [5, 5.41) is 6.07. The summed E-state index contributed by atoms with van der Waals surface area (Å²) in [4.78, 5) is 93.8. The Balaban J connectivity index is 1.22. The number of ether oxygens (including phenoxy) is 2. The van der Waals surface area contributed by atoms with Crippen molar-refractivity contribution >= 4 is 35.3 Å². The molecule has 0 radical (unpaired) electrons. The van der Waals surface area contributed by atoms with Crippen molar-refractivity contribution in [2.45, 2.75) is 163 Å². The number of nitrogens with one attached hydrogen (secondary N) is 2. The molecular weight excluding hydrogens is 909 g/mol. The van der Waals surface area contributed by atoms with Crippen molar-refractivity contribution in [2.75, 3.05) is 59.5 Å². The predicted octanol–water partition coefficient (Wildman–Crippen LogP) is 6.73. The Morgan fingerprint density at radius 2 is 1.11 bits per heavy atom. The van der Waals surface area contributed by atoms with Gasteiger partial charge >= 0.3 is 0 Å². The van der Waals surface area contributed by atoms with E-state index in [9.17, 15) is 19.2 Å². The molecule has 4 aliphatic heterocycles. The van der Waals surface area contributed by atoms with Gasteiger partial charge in [-0.15, -0.1) is 0 Å². The Bertz CT molecular complexity index is 2060. The summed E-state index contributed by atoms with van der Waals surface area (Å²) in [6.07, 6.45) is 3.62. The van der Waals surface area contributed by atoms with Crippen molar-refractivity contribution in [3.05, 3.63) is 71.8 Å². The predicted molar refractivity (Wildman–Crippen MR) is 281 cm³/mol. The van der Waals surface area contributed by atoms with Crippen LogP contribution in [0.3, 0.4) is 0 Å². The molecule has 14 heteroatoms. The summed E-state index contributed by atoms with van der Waals surface area (Å²) in [7, 11) is 1.74. The second kappa shape index (κ2) is 23.7. The van der Waals surface area contributed by atoms with E-state index in [4.69, 9.17) is 9.47 Å². The molecule has 4 fully saturated rings. The van der Waals surface area contributed by atoms with Crippen LogP contribution in [0.4, 0.5) is 0 Å². The van der Waals surface area contributed by atoms with Gasteiger partial charge in [-0.2, -0.15) is 0 Å². The number of hydrogen-bond donors (Lipinski definition) is 2. The van der Waals surface area contributed by atoms with Gasteiger partial charge in [0, 0.05) is 68.4 Å². The standard InChI is InChI=1S/C58H88N6O8/c1-13-41(6)50(66)60-49(40(4)5)52(68)64-31-27-56(9)36-46(38-62(54(70)58(56,64)11)29-25-44-22-18-15-19-23-44)72-33-32-71-45-35-55(8)26-30-63(51(67)47(39(2)3)34-48(65)42(7)59-12)57(55,10)53(69)61(37-45)28-24-43-20-16-14-17-21-43/h14-23,39-42,45-47,49,59H,13,24-38H2,1-12H3,(H,60,66)/t41-,42+,45-,46-,47+,49+,55+,56+,57-,58-/m1/s1. The Hall–Kier alpha value is -4.66. The van der Waals surface area contributed by atoms with Crippen molar-refractivity contribution in [3.63, 3.8) is 0 Å². The third kappa shape index (κ3) is 11.7. The molecule has 398 valence electrons. The summed E-state index contributed by atoms with van der Waals surface area (Å²) in [6, 6.07) is 19.0. The van der Waals surface area contributed by atoms with E-state index >= 15 is 9.59 Å². The van der Waals surface area contributed by atoms with Crippen LogP contribution in [-0.2, 0) is 51.1 Å². The number of likely N-dealkylation sites (N-methyl/N-ethyl adjacent to an activating group) is 1. The first kappa shape index (κ1) is 56.6. The van der Waals surface area contributed by atoms with Gasteiger partial charge in [0.2, 0.25) is 29.5 Å². The molecule has 10 atom stereocenters. The highest BCUT2D eigenvalue weighted by Gasteiger charge is 2.65. The minimum absolute atomic E-state index is 0.0262. The smallest absolute Gasteiger partial charge is 0.248 e. The zero-order valence-electron chi connectivity index (χ0n) is 45.8. The molecule has 14 nitrogen and oxygen atoms in total. The topological polar surface area (TPSA) is 158 Å². The van der Waals surface area contributed by atoms with Gasteiger partial charge in [-0.25, -0.2) is 0 Å². The van der Waals surface area contributed by atoms with Crippen molar-refractivity contribution < 1.29 is 38.2 Å². The largest absolute Gasteiger partial charge is 0.374 e. The number of likely N-dealkylation sites (tertiary alicyclic amines) is 4. The molecule has 0 spiro atoms. The van der Waals surface area contributed by atoms with E-state index in [1.54, 1.807) is 16.8 Å². The van der Waals surface area contributed by atoms with Crippen LogP contribution in [-0.4, -0.2) is 150 Å². The van der Waals surface area contributed by atoms with E-state index in [-0.39, 0.29) is 91.0 Å². The molecular formula is C58H88N6O8. The number of benzene rings is 2. The fourth-order valence-electron chi connectivity index (χ4n) is 12.1. The number of nitrogens with zero attached hydrogens (tertiary/aromatic N) is 4. The molecule has 5 amide bonds. The summed E-state index contributed by atoms with van der Waals surface area (Å²) >= 11 is 0. The van der Waals surface area contributed by atoms with Crippen LogP contribution in [0.1, 0.15) is 126 Å². The molecule has 6 rings (SSSR count). The van der Waals surface area contributed by atoms with Crippen molar-refractivity contribution in [2.24, 2.45) is 34.5 Å². The van der Waals surface area contributed by atoms with Gasteiger partial charge in [0.25, 0.3) is 0 Å². The molecule has 72 heavy (non-hydrogen) atoms. The third-order valence-corrected chi connectivity index (χ3v) is 17.9. The average molecular weight is 997 g/mol. The highest BCUT2D eigenvalue weighted by atomic mass is 16.5. The maximum Gasteiger partial charge on any atom is 0.248 e. The number of ketones is 1. The van der Waals surface area contributed by atoms with Gasteiger partial charge in [-0.05, 0) is 95.7 Å². The fraction of sp³-hybridized carbons (Fsp3) is 0.690. The highest BCUT2D eigenvalue weighted by molar-refractivity contribution is 5.97. The lowest BCUT2D eigenvalue weighted by Gasteiger charge is -2.45. The number of hydrogen-bond acceptors (Lipinski definition) is 9. The monoisotopic (exact) mass is 997 g/mol. The molecule has 0 bridgehead atoms. The van der Waals surface area contributed by atoms with Gasteiger partial charge in [0.1, 0.15) is 22.9 Å². The molecule has 4 heterocycles. The minimum Gasteiger partial charge on any atom is -0.374 e. The number of rotatable bonds is 22. The van der Waals surface area contributed by atoms with Crippen molar-refractivity contribution in [1.29, 1.82) is 0 Å². The number of Topliss-reactive ketones (excluding diaryl/α,β-unsaturated/α-hetero) is 1. The quantitative estimate of drug-likeness (QED) is 0.122. The Morgan fingerprint density at radius 1 is 0.667 bits per heavy atom. The summed E-state index contributed by atoms with van der Waals surface area (Å²) in [5.74, 6) is -1.88. The van der Waals surface area contributed by atoms with Gasteiger partial charge in [-0.1, -0.05) is 116 Å². The highest BCUT2D eigenvalue weighted by Crippen LogP contribution is 2.53. The van der Waals surface area contributed by atoms with Crippen LogP contribution in [0.5, 0.6) is 0 Å². The zero-order chi connectivity index (χ0) is 52.8. The molecule has 0 saturated carbocycles. The Morgan fingerprint density at radius 3 is 1.51 bits per heavy atom. The Labute approximate surface area is 431 Å². The zero-order valence-corrected chi connectivity index (χ0v) is 45.8. The van der Waals surface area contributed by atoms with E-state index in [0.717, 1.165) is 11.1 Å². The van der Waals surface area contributed by atoms with Gasteiger partial charge in [-0.3, -0.25) is 28.8 Å². The number of amides is 5. The Kier molecular flexibility index (Phi) is 18.6. The number of fused-ring (bicyclic) bond motifs is 2. The molecule has 2 N–H and O–H groups in total. The third-order valence-electron chi connectivity index (χ3n) is 17.9. The molecule has 2 aromatic carbocycles. The molecule has 4 aliphatic rings. The minimum atomic E-state index is -1.19. The van der Waals surface area contributed by atoms with Crippen LogP contribution in [0.15, 0.2) is 60.7 Å². The summed E-state index contributed by atoms with van der Waals surface area (Å²) in [5.41, 5.74) is -1.38. The van der Waals surface area contributed by atoms with E-state index < -0.39 is 33.9 Å². The van der Waals surface area contributed by atoms with Crippen LogP contribution in [0, 0.1) is 34.5 Å². The molecule has 0 aliphatic carbocycles. The summed E-state index contributed by atoms with van der Waals surface area (Å²) in [6.45, 7) is 24.4. The van der Waals surface area contributed by atoms with Gasteiger partial charge in [0.05, 0.1) is 31.5 Å². The molecule has 2 aromatic rings. The van der Waals surface area contributed by atoms with Gasteiger partial charge < -0.3 is 39.7 Å². The normalized spacial score (nSPS) is 28.3. The second-order valence-electron chi connectivity index (χ2n) is 23.2. The van der Waals surface area contributed by atoms with E-state index in [0.29, 0.717) is 84.2 Å². The van der Waals surface area contributed by atoms with Crippen LogP contribution < -0.4 is 10.6 Å². The van der Waals surface area contributed by atoms with Crippen LogP contribution in [0.25, 0.3) is 0 Å². The molecule has 0 aromatic heterocycles. The van der Waals surface area contributed by atoms with Crippen molar-refractivity contribution in [3.8, 4) is 0 Å². The fourth-order valence-corrected chi connectivity index (χ4v) is 12.1. The van der Waals surface area contributed by atoms with Crippen molar-refractivity contribution in [1.82, 2.24) is 30.2 Å². The van der Waals surface area contributed by atoms with Gasteiger partial charge in [0.15, 0.2) is 0 Å². The second-order valence-corrected chi connectivity index (χ2v) is 23.2. The van der Waals surface area contributed by atoms with E-state index in [2.05, 4.69) is 48.7 Å². The van der Waals surface area contributed by atoms with E-state index in [1.807, 2.05) is 109 Å². The lowest BCUT2D eigenvalue weighted by atomic mass is 9.68.